The van der Waals surface area contributed by atoms with E-state index >= 15 is 0 Å². The molecule has 0 aromatic carbocycles. The summed E-state index contributed by atoms with van der Waals surface area (Å²) in [6.07, 6.45) is 74.1. The van der Waals surface area contributed by atoms with Crippen molar-refractivity contribution < 1.29 is 28.6 Å². The molecule has 0 amide bonds. The largest absolute Gasteiger partial charge is 0.462 e. The average molecular weight is 980 g/mol. The van der Waals surface area contributed by atoms with Gasteiger partial charge in [0, 0.05) is 12.8 Å². The second-order valence-corrected chi connectivity index (χ2v) is 20.3. The van der Waals surface area contributed by atoms with Gasteiger partial charge < -0.3 is 14.2 Å². The molecule has 0 aromatic rings. The van der Waals surface area contributed by atoms with Crippen LogP contribution in [0.4, 0.5) is 0 Å². The van der Waals surface area contributed by atoms with Crippen molar-refractivity contribution in [2.24, 2.45) is 0 Å². The predicted octanol–water partition coefficient (Wildman–Crippen LogP) is 20.4. The Labute approximate surface area is 434 Å². The van der Waals surface area contributed by atoms with Crippen molar-refractivity contribution in [3.05, 3.63) is 60.8 Å². The molecule has 406 valence electrons. The number of hydrogen-bond donors (Lipinski definition) is 0. The highest BCUT2D eigenvalue weighted by Gasteiger charge is 2.19. The SMILES string of the molecule is CC/C=C\C/C=C\C/C=C\C/C=C\C/C=C\CC(=O)OC(COC(=O)CCCCCCCCCCCCCC)COC(=O)CCCCCCCCCCCCCCCCCCCCCCCCCCC. The molecule has 0 aliphatic carbocycles. The van der Waals surface area contributed by atoms with Gasteiger partial charge in [-0.1, -0.05) is 306 Å². The van der Waals surface area contributed by atoms with E-state index in [4.69, 9.17) is 14.2 Å². The van der Waals surface area contributed by atoms with Crippen LogP contribution in [0.3, 0.4) is 0 Å². The first-order valence-electron chi connectivity index (χ1n) is 30.3. The molecule has 6 nitrogen and oxygen atoms in total. The maximum absolute atomic E-state index is 12.8. The number of allylic oxidation sites excluding steroid dienone is 9. The van der Waals surface area contributed by atoms with Crippen molar-refractivity contribution in [3.8, 4) is 0 Å². The summed E-state index contributed by atoms with van der Waals surface area (Å²) in [6.45, 7) is 6.48. The third-order valence-corrected chi connectivity index (χ3v) is 13.3. The van der Waals surface area contributed by atoms with E-state index in [0.29, 0.717) is 12.8 Å². The second-order valence-electron chi connectivity index (χ2n) is 20.3. The van der Waals surface area contributed by atoms with Crippen LogP contribution in [-0.2, 0) is 28.6 Å². The van der Waals surface area contributed by atoms with Crippen molar-refractivity contribution >= 4 is 17.9 Å². The summed E-state index contributed by atoms with van der Waals surface area (Å²) >= 11 is 0. The number of ether oxygens (including phenoxy) is 3. The van der Waals surface area contributed by atoms with Gasteiger partial charge in [0.2, 0.25) is 0 Å². The molecule has 0 fully saturated rings. The Morgan fingerprint density at radius 2 is 0.543 bits per heavy atom. The summed E-state index contributed by atoms with van der Waals surface area (Å²) in [7, 11) is 0. The van der Waals surface area contributed by atoms with Crippen molar-refractivity contribution in [2.45, 2.75) is 316 Å². The molecule has 0 aliphatic rings. The zero-order valence-electron chi connectivity index (χ0n) is 46.5. The Morgan fingerprint density at radius 3 is 0.814 bits per heavy atom. The standard InChI is InChI=1S/C64H114O6/c1-4-7-10-13-16-19-22-25-27-28-29-30-31-32-33-34-35-36-38-39-42-45-48-51-54-57-63(66)69-60-61(59-68-62(65)56-53-50-47-44-41-24-21-18-15-12-9-6-3)70-64(67)58-55-52-49-46-43-40-37-26-23-20-17-14-11-8-5-2/h8,11,17,20,26,37,43,46,52,55,61H,4-7,9-10,12-16,18-19,21-25,27-36,38-42,44-45,47-51,53-54,56-60H2,1-3H3/b11-8-,20-17-,37-26-,46-43-,55-52-. The average Bonchev–Trinajstić information content (AvgIpc) is 3.36. The molecule has 0 radical (unpaired) electrons. The van der Waals surface area contributed by atoms with Gasteiger partial charge >= 0.3 is 17.9 Å². The van der Waals surface area contributed by atoms with E-state index in [-0.39, 0.29) is 31.6 Å². The normalized spacial score (nSPS) is 12.4. The first-order chi connectivity index (χ1) is 34.5. The van der Waals surface area contributed by atoms with E-state index in [1.165, 1.54) is 199 Å². The second kappa shape index (κ2) is 58.7. The van der Waals surface area contributed by atoms with E-state index < -0.39 is 12.1 Å². The molecule has 1 atom stereocenters. The van der Waals surface area contributed by atoms with Gasteiger partial charge in [-0.25, -0.2) is 0 Å². The highest BCUT2D eigenvalue weighted by Crippen LogP contribution is 2.17. The maximum Gasteiger partial charge on any atom is 0.310 e. The zero-order valence-corrected chi connectivity index (χ0v) is 46.5. The van der Waals surface area contributed by atoms with Crippen LogP contribution >= 0.6 is 0 Å². The molecule has 0 N–H and O–H groups in total. The Morgan fingerprint density at radius 1 is 0.300 bits per heavy atom. The quantitative estimate of drug-likeness (QED) is 0.0261. The lowest BCUT2D eigenvalue weighted by atomic mass is 10.0. The first kappa shape index (κ1) is 67.1. The number of carbonyl (C=O) groups excluding carboxylic acids is 3. The number of carbonyl (C=O) groups is 3. The third-order valence-electron chi connectivity index (χ3n) is 13.3. The topological polar surface area (TPSA) is 78.9 Å². The van der Waals surface area contributed by atoms with Gasteiger partial charge in [-0.3, -0.25) is 14.4 Å². The summed E-state index contributed by atoms with van der Waals surface area (Å²) in [6, 6.07) is 0. The van der Waals surface area contributed by atoms with Crippen molar-refractivity contribution in [3.63, 3.8) is 0 Å². The lowest BCUT2D eigenvalue weighted by Gasteiger charge is -2.18. The highest BCUT2D eigenvalue weighted by atomic mass is 16.6. The molecular formula is C64H114O6. The molecule has 0 heterocycles. The lowest BCUT2D eigenvalue weighted by Crippen LogP contribution is -2.30. The van der Waals surface area contributed by atoms with Gasteiger partial charge in [-0.15, -0.1) is 0 Å². The summed E-state index contributed by atoms with van der Waals surface area (Å²) in [5.74, 6) is -1.02. The molecule has 0 spiro atoms. The van der Waals surface area contributed by atoms with Gasteiger partial charge in [-0.2, -0.15) is 0 Å². The van der Waals surface area contributed by atoms with E-state index in [0.717, 1.165) is 70.6 Å². The van der Waals surface area contributed by atoms with E-state index in [1.54, 1.807) is 6.08 Å². The number of rotatable bonds is 55. The van der Waals surface area contributed by atoms with Gasteiger partial charge in [0.05, 0.1) is 6.42 Å². The fraction of sp³-hybridized carbons (Fsp3) is 0.797. The van der Waals surface area contributed by atoms with E-state index in [2.05, 4.69) is 69.4 Å². The van der Waals surface area contributed by atoms with Gasteiger partial charge in [-0.05, 0) is 44.9 Å². The van der Waals surface area contributed by atoms with Gasteiger partial charge in [0.15, 0.2) is 6.10 Å². The Balaban J connectivity index is 4.28. The van der Waals surface area contributed by atoms with Crippen molar-refractivity contribution in [1.82, 2.24) is 0 Å². The van der Waals surface area contributed by atoms with Crippen LogP contribution in [0.25, 0.3) is 0 Å². The molecule has 70 heavy (non-hydrogen) atoms. The Bertz CT molecular complexity index is 1260. The van der Waals surface area contributed by atoms with Crippen molar-refractivity contribution in [2.75, 3.05) is 13.2 Å². The van der Waals surface area contributed by atoms with E-state index in [1.807, 2.05) is 6.08 Å². The molecule has 0 aliphatic heterocycles. The van der Waals surface area contributed by atoms with E-state index in [9.17, 15) is 14.4 Å². The minimum atomic E-state index is -0.825. The molecule has 0 saturated carbocycles. The first-order valence-corrected chi connectivity index (χ1v) is 30.3. The van der Waals surface area contributed by atoms with Crippen LogP contribution in [0.15, 0.2) is 60.8 Å². The zero-order chi connectivity index (χ0) is 50.7. The molecule has 0 saturated heterocycles. The monoisotopic (exact) mass is 979 g/mol. The highest BCUT2D eigenvalue weighted by molar-refractivity contribution is 5.72. The fourth-order valence-corrected chi connectivity index (χ4v) is 8.82. The molecule has 6 heteroatoms. The van der Waals surface area contributed by atoms with Crippen LogP contribution in [0, 0.1) is 0 Å². The molecule has 0 bridgehead atoms. The fourth-order valence-electron chi connectivity index (χ4n) is 8.82. The van der Waals surface area contributed by atoms with Crippen LogP contribution in [-0.4, -0.2) is 37.2 Å². The van der Waals surface area contributed by atoms with Crippen LogP contribution in [0.1, 0.15) is 310 Å². The van der Waals surface area contributed by atoms with Gasteiger partial charge in [0.25, 0.3) is 0 Å². The predicted molar refractivity (Wildman–Crippen MR) is 302 cm³/mol. The summed E-state index contributed by atoms with van der Waals surface area (Å²) < 4.78 is 16.8. The minimum absolute atomic E-state index is 0.102. The number of unbranched alkanes of at least 4 members (excludes halogenated alkanes) is 35. The van der Waals surface area contributed by atoms with Crippen LogP contribution < -0.4 is 0 Å². The molecule has 0 rings (SSSR count). The van der Waals surface area contributed by atoms with Gasteiger partial charge in [0.1, 0.15) is 13.2 Å². The summed E-state index contributed by atoms with van der Waals surface area (Å²) in [4.78, 5) is 38.1. The van der Waals surface area contributed by atoms with Crippen molar-refractivity contribution in [1.29, 1.82) is 0 Å². The Hall–Kier alpha value is -2.89. The number of esters is 3. The summed E-state index contributed by atoms with van der Waals surface area (Å²) in [5.41, 5.74) is 0. The molecular weight excluding hydrogens is 865 g/mol. The number of hydrogen-bond acceptors (Lipinski definition) is 6. The van der Waals surface area contributed by atoms with Crippen LogP contribution in [0.2, 0.25) is 0 Å². The Kier molecular flexibility index (Phi) is 56.3. The smallest absolute Gasteiger partial charge is 0.310 e. The lowest BCUT2D eigenvalue weighted by molar-refractivity contribution is -0.166. The maximum atomic E-state index is 12.8. The minimum Gasteiger partial charge on any atom is -0.462 e. The summed E-state index contributed by atoms with van der Waals surface area (Å²) in [5, 5.41) is 0. The van der Waals surface area contributed by atoms with Crippen LogP contribution in [0.5, 0.6) is 0 Å². The molecule has 0 aromatic heterocycles. The molecule has 1 unspecified atom stereocenters. The third kappa shape index (κ3) is 56.0.